The van der Waals surface area contributed by atoms with Gasteiger partial charge < -0.3 is 30.4 Å². The van der Waals surface area contributed by atoms with Crippen molar-refractivity contribution in [2.45, 2.75) is 37.1 Å². The van der Waals surface area contributed by atoms with Gasteiger partial charge >= 0.3 is 0 Å². The van der Waals surface area contributed by atoms with Gasteiger partial charge in [-0.1, -0.05) is 35.4 Å². The summed E-state index contributed by atoms with van der Waals surface area (Å²) < 4.78 is 1.27. The monoisotopic (exact) mass is 644 g/mol. The van der Waals surface area contributed by atoms with Crippen molar-refractivity contribution in [2.75, 3.05) is 0 Å². The van der Waals surface area contributed by atoms with Crippen LogP contribution < -0.4 is 0 Å². The second-order valence-electron chi connectivity index (χ2n) is 7.44. The molecule has 1 aliphatic carbocycles. The van der Waals surface area contributed by atoms with Crippen molar-refractivity contribution >= 4 is 14.9 Å². The van der Waals surface area contributed by atoms with E-state index in [1.54, 1.807) is 7.05 Å². The van der Waals surface area contributed by atoms with Gasteiger partial charge in [-0.25, -0.2) is 0 Å². The van der Waals surface area contributed by atoms with Crippen LogP contribution in [0.15, 0.2) is 30.0 Å². The number of hydrogen-bond donors (Lipinski definition) is 3. The van der Waals surface area contributed by atoms with Crippen LogP contribution in [-0.4, -0.2) is 37.3 Å². The molecule has 4 atom stereocenters. The zero-order valence-corrected chi connectivity index (χ0v) is 22.8. The molecule has 1 aromatic carbocycles. The smallest absolute Gasteiger partial charge is 0.0693 e. The van der Waals surface area contributed by atoms with Crippen LogP contribution in [-0.2, 0) is 66.0 Å². The molecular weight excluding hydrogens is 622 g/mol. The van der Waals surface area contributed by atoms with Gasteiger partial charge in [-0.15, -0.1) is 32.4 Å². The first kappa shape index (κ1) is 24.2. The van der Waals surface area contributed by atoms with Gasteiger partial charge in [-0.3, -0.25) is 0 Å². The van der Waals surface area contributed by atoms with Crippen molar-refractivity contribution in [3.8, 4) is 5.88 Å². The quantitative estimate of drug-likeness (QED) is 0.346. The summed E-state index contributed by atoms with van der Waals surface area (Å²) in [5.74, 6) is -1.14. The summed E-state index contributed by atoms with van der Waals surface area (Å²) in [5, 5.41) is 39.4. The van der Waals surface area contributed by atoms with Crippen LogP contribution in [0.4, 0.5) is 5.69 Å². The predicted octanol–water partition coefficient (Wildman–Crippen LogP) is 2.36. The fourth-order valence-corrected chi connectivity index (χ4v) is 4.23. The molecule has 2 aliphatic rings. The molecule has 147 valence electrons. The third-order valence-electron chi connectivity index (χ3n) is 5.56. The molecule has 1 aromatic heterocycles. The fraction of sp³-hybridized carbons (Fsp3) is 0.421. The number of hydrogen-bond acceptors (Lipinski definition) is 4. The van der Waals surface area contributed by atoms with Gasteiger partial charge in [0.1, 0.15) is 0 Å². The van der Waals surface area contributed by atoms with Gasteiger partial charge in [-0.05, 0) is 13.8 Å². The van der Waals surface area contributed by atoms with Crippen LogP contribution in [0.3, 0.4) is 0 Å². The fourth-order valence-electron chi connectivity index (χ4n) is 3.84. The summed E-state index contributed by atoms with van der Waals surface area (Å²) >= 11 is 0. The van der Waals surface area contributed by atoms with Crippen molar-refractivity contribution in [1.82, 2.24) is 9.78 Å². The zero-order chi connectivity index (χ0) is 18.8. The van der Waals surface area contributed by atoms with Crippen LogP contribution in [0.25, 0.3) is 5.32 Å². The normalized spacial score (nSPS) is 32.0. The first-order valence-electron chi connectivity index (χ1n) is 8.55. The molecule has 1 aliphatic heterocycles. The number of aromatic hydroxyl groups is 1. The molecule has 0 bridgehead atoms. The summed E-state index contributed by atoms with van der Waals surface area (Å²) in [6.07, 6.45) is 2.87. The largest absolute Gasteiger partial charge is 0.660 e. The SMILES string of the molecule is Cc1ccc2c(c1)C(C)(P)C(=CC1C(O)C(c3[c-]nn(C)c3O)C1O)[N-]2.[W].[Y]. The Balaban J connectivity index is 0.00000140. The van der Waals surface area contributed by atoms with Gasteiger partial charge in [0.15, 0.2) is 0 Å². The molecule has 0 spiro atoms. The maximum Gasteiger partial charge on any atom is 0.0693 e. The Hall–Kier alpha value is -0.0878. The average molecular weight is 644 g/mol. The van der Waals surface area contributed by atoms with E-state index in [1.807, 2.05) is 25.1 Å². The Bertz CT molecular complexity index is 908. The van der Waals surface area contributed by atoms with Gasteiger partial charge in [0.05, 0.1) is 18.1 Å². The molecular formula is C19H22N3O3PWY-2. The zero-order valence-electron chi connectivity index (χ0n) is 15.9. The first-order valence-corrected chi connectivity index (χ1v) is 9.13. The number of aryl methyl sites for hydroxylation is 2. The number of rotatable bonds is 2. The minimum atomic E-state index is -0.828. The molecule has 6 nitrogen and oxygen atoms in total. The second kappa shape index (κ2) is 8.57. The third kappa shape index (κ3) is 3.70. The van der Waals surface area contributed by atoms with E-state index in [9.17, 15) is 15.3 Å². The van der Waals surface area contributed by atoms with Gasteiger partial charge in [0, 0.05) is 77.8 Å². The molecule has 4 rings (SSSR count). The van der Waals surface area contributed by atoms with Crippen molar-refractivity contribution in [3.63, 3.8) is 0 Å². The average Bonchev–Trinajstić information content (AvgIpc) is 3.04. The van der Waals surface area contributed by atoms with Crippen molar-refractivity contribution in [2.24, 2.45) is 13.0 Å². The molecule has 3 N–H and O–H groups in total. The molecule has 9 heteroatoms. The molecule has 0 saturated heterocycles. The number of benzene rings is 1. The van der Waals surface area contributed by atoms with Gasteiger partial charge in [0.2, 0.25) is 0 Å². The number of aliphatic hydroxyl groups is 2. The van der Waals surface area contributed by atoms with Crippen molar-refractivity contribution < 1.29 is 69.1 Å². The van der Waals surface area contributed by atoms with Crippen molar-refractivity contribution in [1.29, 1.82) is 0 Å². The molecule has 0 amide bonds. The Morgan fingerprint density at radius 1 is 1.32 bits per heavy atom. The molecule has 1 fully saturated rings. The van der Waals surface area contributed by atoms with Crippen LogP contribution in [0.5, 0.6) is 5.88 Å². The molecule has 1 radical (unpaired) electrons. The minimum Gasteiger partial charge on any atom is -0.660 e. The predicted molar refractivity (Wildman–Crippen MR) is 101 cm³/mol. The Morgan fingerprint density at radius 2 is 1.96 bits per heavy atom. The summed E-state index contributed by atoms with van der Waals surface area (Å²) in [7, 11) is 4.42. The number of allylic oxidation sites excluding steroid dienone is 1. The number of aromatic nitrogens is 2. The van der Waals surface area contributed by atoms with Crippen molar-refractivity contribution in [3.05, 3.63) is 58.2 Å². The summed E-state index contributed by atoms with van der Waals surface area (Å²) in [6.45, 7) is 4.11. The maximum absolute atomic E-state index is 10.6. The number of aliphatic hydroxyl groups excluding tert-OH is 2. The van der Waals surface area contributed by atoms with Crippen LogP contribution >= 0.6 is 9.24 Å². The minimum absolute atomic E-state index is 0. The van der Waals surface area contributed by atoms with E-state index in [2.05, 4.69) is 33.5 Å². The van der Waals surface area contributed by atoms with Gasteiger partial charge in [-0.2, -0.15) is 0 Å². The van der Waals surface area contributed by atoms with Gasteiger partial charge in [0.25, 0.3) is 0 Å². The molecule has 2 heterocycles. The first-order chi connectivity index (χ1) is 12.2. The number of nitrogens with zero attached hydrogens (tertiary/aromatic N) is 3. The molecule has 2 aromatic rings. The van der Waals surface area contributed by atoms with E-state index in [1.165, 1.54) is 10.2 Å². The standard InChI is InChI=1S/C19H22N3O3P.W.Y/c1-9-4-5-13-12(6-9)19(2,26)14(21-13)7-10-16(23)15(17(10)24)11-8-20-22(3)18(11)25;;/h4-7,10,15-17,23-24H,26H2,1-3H3,(H,20,25);;/q-2;;. The van der Waals surface area contributed by atoms with E-state index in [0.717, 1.165) is 16.9 Å². The maximum atomic E-state index is 10.6. The van der Waals surface area contributed by atoms with E-state index >= 15 is 0 Å². The van der Waals surface area contributed by atoms with Crippen LogP contribution in [0, 0.1) is 19.0 Å². The number of fused-ring (bicyclic) bond motifs is 1. The summed E-state index contributed by atoms with van der Waals surface area (Å²) in [6, 6.07) is 6.13. The Morgan fingerprint density at radius 3 is 2.54 bits per heavy atom. The van der Waals surface area contributed by atoms with E-state index in [-0.39, 0.29) is 64.8 Å². The van der Waals surface area contributed by atoms with Crippen LogP contribution in [0.2, 0.25) is 0 Å². The Kier molecular flexibility index (Phi) is 7.40. The summed E-state index contributed by atoms with van der Waals surface area (Å²) in [5.41, 5.74) is 4.35. The van der Waals surface area contributed by atoms with E-state index in [0.29, 0.717) is 5.56 Å². The third-order valence-corrected chi connectivity index (χ3v) is 6.17. The Labute approximate surface area is 206 Å². The van der Waals surface area contributed by atoms with Crippen LogP contribution in [0.1, 0.15) is 29.5 Å². The van der Waals surface area contributed by atoms with E-state index < -0.39 is 24.0 Å². The molecule has 1 saturated carbocycles. The second-order valence-corrected chi connectivity index (χ2v) is 8.60. The summed E-state index contributed by atoms with van der Waals surface area (Å²) in [4.78, 5) is 0. The molecule has 28 heavy (non-hydrogen) atoms. The topological polar surface area (TPSA) is 92.6 Å². The van der Waals surface area contributed by atoms with E-state index in [4.69, 9.17) is 5.32 Å². The molecule has 4 unspecified atom stereocenters.